The summed E-state index contributed by atoms with van der Waals surface area (Å²) < 4.78 is 0. The third kappa shape index (κ3) is 3.95. The van der Waals surface area contributed by atoms with Gasteiger partial charge in [-0.3, -0.25) is 9.78 Å². The van der Waals surface area contributed by atoms with E-state index in [0.717, 1.165) is 29.7 Å². The Labute approximate surface area is 150 Å². The molecule has 25 heavy (non-hydrogen) atoms. The van der Waals surface area contributed by atoms with Gasteiger partial charge in [-0.15, -0.1) is 5.92 Å². The van der Waals surface area contributed by atoms with E-state index in [4.69, 9.17) is 0 Å². The average Bonchev–Trinajstić information content (AvgIpc) is 2.59. The molecule has 4 fully saturated rings. The lowest BCUT2D eigenvalue weighted by atomic mass is 9.50. The summed E-state index contributed by atoms with van der Waals surface area (Å²) in [7, 11) is 0. The second-order valence-electron chi connectivity index (χ2n) is 8.16. The molecule has 0 aliphatic heterocycles. The summed E-state index contributed by atoms with van der Waals surface area (Å²) in [5.41, 5.74) is 1.25. The summed E-state index contributed by atoms with van der Waals surface area (Å²) in [6.07, 6.45) is 15.9. The molecule has 1 amide bonds. The van der Waals surface area contributed by atoms with Crippen molar-refractivity contribution in [2.24, 2.45) is 23.2 Å². The zero-order valence-corrected chi connectivity index (χ0v) is 14.7. The number of carbonyl (C=O) groups excluding carboxylic acids is 1. The van der Waals surface area contributed by atoms with E-state index in [-0.39, 0.29) is 5.91 Å². The number of hydrogen-bond acceptors (Lipinski definition) is 2. The molecule has 0 radical (unpaired) electrons. The predicted molar refractivity (Wildman–Crippen MR) is 99.3 cm³/mol. The Morgan fingerprint density at radius 1 is 1.24 bits per heavy atom. The Morgan fingerprint density at radius 2 is 1.96 bits per heavy atom. The van der Waals surface area contributed by atoms with Crippen LogP contribution in [0, 0.1) is 35.0 Å². The van der Waals surface area contributed by atoms with Crippen LogP contribution in [0.2, 0.25) is 0 Å². The van der Waals surface area contributed by atoms with Crippen molar-refractivity contribution in [3.8, 4) is 11.8 Å². The lowest BCUT2D eigenvalue weighted by Gasteiger charge is -2.54. The van der Waals surface area contributed by atoms with E-state index in [1.54, 1.807) is 24.5 Å². The van der Waals surface area contributed by atoms with E-state index in [1.807, 2.05) is 12.1 Å². The van der Waals surface area contributed by atoms with Crippen LogP contribution in [0.25, 0.3) is 6.08 Å². The van der Waals surface area contributed by atoms with Crippen LogP contribution in [-0.2, 0) is 4.79 Å². The van der Waals surface area contributed by atoms with Crippen LogP contribution in [-0.4, -0.2) is 17.4 Å². The van der Waals surface area contributed by atoms with Crippen LogP contribution >= 0.6 is 0 Å². The van der Waals surface area contributed by atoms with Crippen LogP contribution in [0.4, 0.5) is 0 Å². The van der Waals surface area contributed by atoms with Crippen molar-refractivity contribution >= 4 is 12.0 Å². The molecule has 4 aliphatic carbocycles. The highest BCUT2D eigenvalue weighted by atomic mass is 16.1. The first-order valence-corrected chi connectivity index (χ1v) is 9.57. The number of nitrogens with one attached hydrogen (secondary N) is 1. The van der Waals surface area contributed by atoms with Crippen molar-refractivity contribution in [3.05, 3.63) is 36.2 Å². The van der Waals surface area contributed by atoms with Crippen LogP contribution in [0.3, 0.4) is 0 Å². The first kappa shape index (κ1) is 16.4. The maximum Gasteiger partial charge on any atom is 0.244 e. The molecule has 0 atom stereocenters. The lowest BCUT2D eigenvalue weighted by Crippen LogP contribution is -2.45. The van der Waals surface area contributed by atoms with E-state index in [2.05, 4.69) is 22.1 Å². The monoisotopic (exact) mass is 334 g/mol. The van der Waals surface area contributed by atoms with E-state index in [9.17, 15) is 4.79 Å². The highest BCUT2D eigenvalue weighted by Crippen LogP contribution is 2.59. The number of nitrogens with zero attached hydrogens (tertiary/aromatic N) is 1. The maximum atomic E-state index is 11.8. The Kier molecular flexibility index (Phi) is 4.61. The molecule has 0 spiro atoms. The summed E-state index contributed by atoms with van der Waals surface area (Å²) in [4.78, 5) is 15.9. The minimum Gasteiger partial charge on any atom is -0.352 e. The molecule has 4 saturated carbocycles. The van der Waals surface area contributed by atoms with E-state index in [1.165, 1.54) is 38.5 Å². The average molecular weight is 334 g/mol. The lowest BCUT2D eigenvalue weighted by molar-refractivity contribution is -0.116. The van der Waals surface area contributed by atoms with Crippen LogP contribution < -0.4 is 5.32 Å². The number of aromatic nitrogens is 1. The van der Waals surface area contributed by atoms with Crippen molar-refractivity contribution in [2.75, 3.05) is 6.54 Å². The Hall–Kier alpha value is -2.08. The van der Waals surface area contributed by atoms with Gasteiger partial charge in [0.25, 0.3) is 0 Å². The molecule has 1 aromatic rings. The third-order valence-electron chi connectivity index (χ3n) is 6.05. The summed E-state index contributed by atoms with van der Waals surface area (Å²) in [6.45, 7) is 0.621. The second-order valence-corrected chi connectivity index (χ2v) is 8.16. The van der Waals surface area contributed by atoms with Crippen molar-refractivity contribution in [3.63, 3.8) is 0 Å². The molecule has 3 heteroatoms. The normalized spacial score (nSPS) is 32.4. The molecule has 1 aromatic heterocycles. The summed E-state index contributed by atoms with van der Waals surface area (Å²) >= 11 is 0. The van der Waals surface area contributed by atoms with Crippen LogP contribution in [0.5, 0.6) is 0 Å². The molecule has 4 bridgehead atoms. The van der Waals surface area contributed by atoms with Crippen molar-refractivity contribution in [1.82, 2.24) is 10.3 Å². The SMILES string of the molecule is O=C(C=Cc1cccnc1)NCCC#CC12CC3CC(CC(C3)C1)C2. The van der Waals surface area contributed by atoms with Gasteiger partial charge >= 0.3 is 0 Å². The highest BCUT2D eigenvalue weighted by Gasteiger charge is 2.50. The fraction of sp³-hybridized carbons (Fsp3) is 0.545. The van der Waals surface area contributed by atoms with Gasteiger partial charge in [0.1, 0.15) is 0 Å². The number of amides is 1. The van der Waals surface area contributed by atoms with Gasteiger partial charge in [0, 0.05) is 36.9 Å². The van der Waals surface area contributed by atoms with Gasteiger partial charge in [0.05, 0.1) is 0 Å². The molecule has 130 valence electrons. The van der Waals surface area contributed by atoms with Gasteiger partial charge in [-0.05, 0) is 74.0 Å². The second kappa shape index (κ2) is 7.04. The smallest absolute Gasteiger partial charge is 0.244 e. The molecule has 0 aromatic carbocycles. The highest BCUT2D eigenvalue weighted by molar-refractivity contribution is 5.91. The Bertz CT molecular complexity index is 675. The summed E-state index contributed by atoms with van der Waals surface area (Å²) in [5, 5.41) is 2.91. The molecule has 1 heterocycles. The van der Waals surface area contributed by atoms with Crippen molar-refractivity contribution in [1.29, 1.82) is 0 Å². The van der Waals surface area contributed by atoms with Gasteiger partial charge in [0.15, 0.2) is 0 Å². The first-order chi connectivity index (χ1) is 12.2. The molecule has 5 rings (SSSR count). The predicted octanol–water partition coefficient (Wildman–Crippen LogP) is 3.82. The quantitative estimate of drug-likeness (QED) is 0.517. The van der Waals surface area contributed by atoms with E-state index >= 15 is 0 Å². The van der Waals surface area contributed by atoms with Crippen LogP contribution in [0.1, 0.15) is 50.5 Å². The van der Waals surface area contributed by atoms with Gasteiger partial charge in [-0.2, -0.15) is 0 Å². The Balaban J connectivity index is 1.23. The largest absolute Gasteiger partial charge is 0.352 e. The number of carbonyl (C=O) groups is 1. The number of pyridine rings is 1. The van der Waals surface area contributed by atoms with E-state index in [0.29, 0.717) is 12.0 Å². The van der Waals surface area contributed by atoms with Gasteiger partial charge in [0.2, 0.25) is 5.91 Å². The zero-order chi connectivity index (χ0) is 17.1. The minimum absolute atomic E-state index is 0.0690. The van der Waals surface area contributed by atoms with Crippen molar-refractivity contribution < 1.29 is 4.79 Å². The van der Waals surface area contributed by atoms with Gasteiger partial charge in [-0.25, -0.2) is 0 Å². The topological polar surface area (TPSA) is 42.0 Å². The van der Waals surface area contributed by atoms with Gasteiger partial charge < -0.3 is 5.32 Å². The van der Waals surface area contributed by atoms with Crippen molar-refractivity contribution in [2.45, 2.75) is 44.9 Å². The molecule has 3 nitrogen and oxygen atoms in total. The zero-order valence-electron chi connectivity index (χ0n) is 14.7. The summed E-state index contributed by atoms with van der Waals surface area (Å²) in [5.74, 6) is 9.76. The maximum absolute atomic E-state index is 11.8. The minimum atomic E-state index is -0.0690. The molecular formula is C22H26N2O. The van der Waals surface area contributed by atoms with E-state index < -0.39 is 0 Å². The third-order valence-corrected chi connectivity index (χ3v) is 6.05. The molecule has 0 saturated heterocycles. The molecule has 4 aliphatic rings. The number of rotatable bonds is 4. The van der Waals surface area contributed by atoms with Gasteiger partial charge in [-0.1, -0.05) is 12.0 Å². The first-order valence-electron chi connectivity index (χ1n) is 9.57. The fourth-order valence-corrected chi connectivity index (χ4v) is 5.47. The summed E-state index contributed by atoms with van der Waals surface area (Å²) in [6, 6.07) is 3.78. The standard InChI is InChI=1S/C22H26N2O/c25-21(6-5-17-4-3-8-23-16-17)24-9-2-1-7-22-13-18-10-19(14-22)12-20(11-18)15-22/h3-6,8,16,18-20H,2,9-15H2,(H,24,25). The molecular weight excluding hydrogens is 308 g/mol. The fourth-order valence-electron chi connectivity index (χ4n) is 5.47. The molecule has 1 N–H and O–H groups in total. The van der Waals surface area contributed by atoms with Crippen LogP contribution in [0.15, 0.2) is 30.6 Å². The molecule has 0 unspecified atom stereocenters. The number of hydrogen-bond donors (Lipinski definition) is 1. The Morgan fingerprint density at radius 3 is 2.60 bits per heavy atom.